The third kappa shape index (κ3) is 3.43. The summed E-state index contributed by atoms with van der Waals surface area (Å²) in [7, 11) is 0. The molecule has 3 nitrogen and oxygen atoms in total. The molecule has 1 radical (unpaired) electrons. The highest BCUT2D eigenvalue weighted by Gasteiger charge is 1.65. The van der Waals surface area contributed by atoms with E-state index in [2.05, 4.69) is 4.74 Å². The van der Waals surface area contributed by atoms with Crippen LogP contribution in [0.15, 0.2) is 0 Å². The zero-order valence-electron chi connectivity index (χ0n) is 2.47. The van der Waals surface area contributed by atoms with E-state index in [0.717, 1.165) is 6.47 Å². The van der Waals surface area contributed by atoms with Gasteiger partial charge in [-0.1, -0.05) is 0 Å². The Kier molecular flexibility index (Phi) is 3.04. The fourth-order valence-electron chi connectivity index (χ4n) is 0.0264. The smallest absolute Gasteiger partial charge is 0.419 e. The van der Waals surface area contributed by atoms with E-state index >= 15 is 0 Å². The van der Waals surface area contributed by atoms with Crippen LogP contribution in [-0.4, -0.2) is 18.4 Å². The molecule has 0 aromatic rings. The number of hydrogen-bond donors (Lipinski definition) is 1. The predicted molar refractivity (Wildman–Crippen MR) is 13.9 cm³/mol. The minimum Gasteiger partial charge on any atom is -0.430 e. The maximum absolute atomic E-state index is 8.90. The van der Waals surface area contributed by atoms with Crippen molar-refractivity contribution < 1.29 is 14.6 Å². The highest BCUT2D eigenvalue weighted by molar-refractivity contribution is 5.37. The fourth-order valence-corrected chi connectivity index (χ4v) is 0.0264. The lowest BCUT2D eigenvalue weighted by atomic mass is 11.4. The highest BCUT2D eigenvalue weighted by Crippen LogP contribution is 1.50. The third-order valence-electron chi connectivity index (χ3n) is 0.123. The normalized spacial score (nSPS) is 6.60. The van der Waals surface area contributed by atoms with Gasteiger partial charge in [0.2, 0.25) is 0 Å². The van der Waals surface area contributed by atoms with Gasteiger partial charge in [-0.2, -0.15) is 0 Å². The van der Waals surface area contributed by atoms with Crippen molar-refractivity contribution in [2.45, 2.75) is 0 Å². The molecule has 0 aromatic carbocycles. The van der Waals surface area contributed by atoms with Crippen molar-refractivity contribution >= 4 is 6.47 Å². The summed E-state index contributed by atoms with van der Waals surface area (Å²) in [5.74, 6) is 0. The second-order valence-corrected chi connectivity index (χ2v) is 0.357. The molecule has 0 atom stereocenters. The first-order valence-electron chi connectivity index (χ1n) is 1.01. The first kappa shape index (κ1) is 4.43. The summed E-state index contributed by atoms with van der Waals surface area (Å²) >= 11 is 0. The van der Waals surface area contributed by atoms with Crippen LogP contribution < -0.4 is 0 Å². The lowest BCUT2D eigenvalue weighted by molar-refractivity contribution is 0.0841. The van der Waals surface area contributed by atoms with Gasteiger partial charge in [0.1, 0.15) is 0 Å². The molecule has 0 amide bonds. The molecule has 0 aliphatic carbocycles. The number of ether oxygens (including phenoxy) is 1. The van der Waals surface area contributed by atoms with Gasteiger partial charge in [-0.25, -0.2) is 4.79 Å². The van der Waals surface area contributed by atoms with Gasteiger partial charge >= 0.3 is 6.47 Å². The molecule has 29 valence electrons. The van der Waals surface area contributed by atoms with Crippen molar-refractivity contribution in [1.82, 2.24) is 0 Å². The van der Waals surface area contributed by atoms with Crippen molar-refractivity contribution in [3.8, 4) is 0 Å². The van der Waals surface area contributed by atoms with Gasteiger partial charge in [-0.15, -0.1) is 0 Å². The number of rotatable bonds is 2. The monoisotopic (exact) mass is 75.0 g/mol. The summed E-state index contributed by atoms with van der Waals surface area (Å²) in [6, 6.07) is 0. The van der Waals surface area contributed by atoms with E-state index in [1.54, 1.807) is 0 Å². The minimum atomic E-state index is -0.580. The van der Waals surface area contributed by atoms with Crippen molar-refractivity contribution in [2.24, 2.45) is 0 Å². The van der Waals surface area contributed by atoms with Crippen molar-refractivity contribution in [2.75, 3.05) is 6.79 Å². The molecular formula is C2H3O3. The number of aliphatic hydroxyl groups is 1. The second-order valence-electron chi connectivity index (χ2n) is 0.357. The Labute approximate surface area is 29.2 Å². The van der Waals surface area contributed by atoms with Crippen molar-refractivity contribution in [1.29, 1.82) is 0 Å². The Morgan fingerprint density at radius 2 is 2.60 bits per heavy atom. The summed E-state index contributed by atoms with van der Waals surface area (Å²) in [6.07, 6.45) is 0. The molecule has 3 heteroatoms. The molecule has 0 aliphatic heterocycles. The standard InChI is InChI=1S/C2H3O3/c3-1-5-2-4/h3H,1H2. The molecule has 0 heterocycles. The Bertz CT molecular complexity index is 26.1. The number of carbonyl (C=O) groups excluding carboxylic acids is 1. The van der Waals surface area contributed by atoms with Crippen LogP contribution in [0.2, 0.25) is 0 Å². The SMILES string of the molecule is O=[C]OCO. The zero-order valence-corrected chi connectivity index (χ0v) is 2.47. The van der Waals surface area contributed by atoms with Gasteiger partial charge in [0.25, 0.3) is 0 Å². The largest absolute Gasteiger partial charge is 0.430 e. The van der Waals surface area contributed by atoms with Crippen molar-refractivity contribution in [3.05, 3.63) is 0 Å². The fraction of sp³-hybridized carbons (Fsp3) is 0.500. The topological polar surface area (TPSA) is 46.5 Å². The molecule has 0 bridgehead atoms. The summed E-state index contributed by atoms with van der Waals surface area (Å²) in [5.41, 5.74) is 0. The molecule has 0 unspecified atom stereocenters. The van der Waals surface area contributed by atoms with Crippen LogP contribution in [0.5, 0.6) is 0 Å². The Balaban J connectivity index is 2.40. The summed E-state index contributed by atoms with van der Waals surface area (Å²) in [6.45, 7) is 0.438. The molecule has 0 saturated carbocycles. The average Bonchev–Trinajstić information content (AvgIpc) is 1.41. The van der Waals surface area contributed by atoms with Crippen LogP contribution >= 0.6 is 0 Å². The van der Waals surface area contributed by atoms with E-state index < -0.39 is 6.79 Å². The average molecular weight is 75.0 g/mol. The maximum Gasteiger partial charge on any atom is 0.419 e. The highest BCUT2D eigenvalue weighted by atomic mass is 16.6. The van der Waals surface area contributed by atoms with Crippen LogP contribution in [0.4, 0.5) is 0 Å². The number of hydrogen-bond acceptors (Lipinski definition) is 3. The molecule has 0 saturated heterocycles. The maximum atomic E-state index is 8.90. The molecule has 0 aliphatic rings. The van der Waals surface area contributed by atoms with Crippen LogP contribution in [-0.2, 0) is 9.53 Å². The Morgan fingerprint density at radius 3 is 2.60 bits per heavy atom. The van der Waals surface area contributed by atoms with E-state index in [1.165, 1.54) is 0 Å². The summed E-state index contributed by atoms with van der Waals surface area (Å²) in [5, 5.41) is 7.58. The van der Waals surface area contributed by atoms with E-state index in [1.807, 2.05) is 0 Å². The van der Waals surface area contributed by atoms with Crippen LogP contribution in [0, 0.1) is 0 Å². The lowest BCUT2D eigenvalue weighted by Crippen LogP contribution is -1.85. The molecule has 5 heavy (non-hydrogen) atoms. The van der Waals surface area contributed by atoms with E-state index in [4.69, 9.17) is 9.90 Å². The number of aliphatic hydroxyl groups excluding tert-OH is 1. The van der Waals surface area contributed by atoms with E-state index in [-0.39, 0.29) is 0 Å². The Hall–Kier alpha value is -0.570. The molecule has 1 N–H and O–H groups in total. The van der Waals surface area contributed by atoms with Gasteiger partial charge in [0.05, 0.1) is 0 Å². The molecule has 0 spiro atoms. The van der Waals surface area contributed by atoms with Gasteiger partial charge in [0.15, 0.2) is 6.79 Å². The van der Waals surface area contributed by atoms with Crippen molar-refractivity contribution in [3.63, 3.8) is 0 Å². The van der Waals surface area contributed by atoms with E-state index in [0.29, 0.717) is 0 Å². The van der Waals surface area contributed by atoms with Gasteiger partial charge in [0, 0.05) is 0 Å². The lowest BCUT2D eigenvalue weighted by Gasteiger charge is -1.77. The van der Waals surface area contributed by atoms with Crippen LogP contribution in [0.25, 0.3) is 0 Å². The second kappa shape index (κ2) is 3.43. The van der Waals surface area contributed by atoms with Gasteiger partial charge in [-0.3, -0.25) is 0 Å². The van der Waals surface area contributed by atoms with Gasteiger partial charge < -0.3 is 9.84 Å². The van der Waals surface area contributed by atoms with Crippen LogP contribution in [0.1, 0.15) is 0 Å². The zero-order chi connectivity index (χ0) is 4.12. The first-order valence-corrected chi connectivity index (χ1v) is 1.01. The third-order valence-corrected chi connectivity index (χ3v) is 0.123. The molecule has 0 aromatic heterocycles. The van der Waals surface area contributed by atoms with Gasteiger partial charge in [-0.05, 0) is 0 Å². The quantitative estimate of drug-likeness (QED) is 0.429. The van der Waals surface area contributed by atoms with Crippen LogP contribution in [0.3, 0.4) is 0 Å². The predicted octanol–water partition coefficient (Wildman–Crippen LogP) is -0.980. The summed E-state index contributed by atoms with van der Waals surface area (Å²) in [4.78, 5) is 8.90. The first-order chi connectivity index (χ1) is 2.41. The molecular weight excluding hydrogens is 72.0 g/mol. The molecule has 0 rings (SSSR count). The minimum absolute atomic E-state index is 0.580. The van der Waals surface area contributed by atoms with E-state index in [9.17, 15) is 0 Å². The molecule has 0 fully saturated rings. The summed E-state index contributed by atoms with van der Waals surface area (Å²) < 4.78 is 3.58. The Morgan fingerprint density at radius 1 is 2.00 bits per heavy atom.